The molecule has 0 bridgehead atoms. The first-order valence-corrected chi connectivity index (χ1v) is 7.93. The summed E-state index contributed by atoms with van der Waals surface area (Å²) in [6.45, 7) is 8.39. The number of anilines is 1. The summed E-state index contributed by atoms with van der Waals surface area (Å²) in [5.74, 6) is 1.48. The minimum absolute atomic E-state index is 0.116. The van der Waals surface area contributed by atoms with Crippen molar-refractivity contribution >= 4 is 11.5 Å². The lowest BCUT2D eigenvalue weighted by Crippen LogP contribution is -2.27. The van der Waals surface area contributed by atoms with E-state index >= 15 is 0 Å². The molecule has 0 aliphatic rings. The van der Waals surface area contributed by atoms with Crippen LogP contribution in [0.2, 0.25) is 0 Å². The standard InChI is InChI=1S/C19H23N3O2/c1-12-7-6-10-22-17(12)20-16(18(22)21-19(2,3)4)13-8-9-14(23)15(11-13)24-5/h6-11,21,23H,1-5H3. The number of phenols is 1. The summed E-state index contributed by atoms with van der Waals surface area (Å²) in [7, 11) is 1.54. The molecule has 5 nitrogen and oxygen atoms in total. The Bertz CT molecular complexity index is 891. The average Bonchev–Trinajstić information content (AvgIpc) is 2.86. The maximum absolute atomic E-state index is 9.86. The minimum Gasteiger partial charge on any atom is -0.504 e. The molecule has 0 amide bonds. The summed E-state index contributed by atoms with van der Waals surface area (Å²) in [4.78, 5) is 4.83. The highest BCUT2D eigenvalue weighted by molar-refractivity contribution is 5.79. The molecule has 0 fully saturated rings. The monoisotopic (exact) mass is 325 g/mol. The molecule has 0 saturated carbocycles. The first kappa shape index (κ1) is 16.2. The first-order chi connectivity index (χ1) is 11.3. The number of nitrogens with one attached hydrogen (secondary N) is 1. The molecule has 0 unspecified atom stereocenters. The van der Waals surface area contributed by atoms with E-state index in [0.29, 0.717) is 5.75 Å². The summed E-state index contributed by atoms with van der Waals surface area (Å²) in [6.07, 6.45) is 2.00. The van der Waals surface area contributed by atoms with Crippen molar-refractivity contribution in [2.45, 2.75) is 33.2 Å². The lowest BCUT2D eigenvalue weighted by atomic mass is 10.1. The van der Waals surface area contributed by atoms with E-state index in [9.17, 15) is 5.11 Å². The second-order valence-corrected chi connectivity index (χ2v) is 6.96. The largest absolute Gasteiger partial charge is 0.504 e. The van der Waals surface area contributed by atoms with Gasteiger partial charge in [0.05, 0.1) is 7.11 Å². The highest BCUT2D eigenvalue weighted by atomic mass is 16.5. The fraction of sp³-hybridized carbons (Fsp3) is 0.316. The molecule has 0 saturated heterocycles. The van der Waals surface area contributed by atoms with Gasteiger partial charge in [-0.2, -0.15) is 0 Å². The van der Waals surface area contributed by atoms with Crippen LogP contribution in [0.25, 0.3) is 16.9 Å². The van der Waals surface area contributed by atoms with Crippen molar-refractivity contribution in [2.24, 2.45) is 0 Å². The Labute approximate surface area is 141 Å². The van der Waals surface area contributed by atoms with Crippen molar-refractivity contribution in [1.82, 2.24) is 9.38 Å². The van der Waals surface area contributed by atoms with Crippen molar-refractivity contribution in [2.75, 3.05) is 12.4 Å². The number of methoxy groups -OCH3 is 1. The Kier molecular flexibility index (Phi) is 3.87. The van der Waals surface area contributed by atoms with Gasteiger partial charge >= 0.3 is 0 Å². The Morgan fingerprint density at radius 1 is 1.21 bits per heavy atom. The van der Waals surface area contributed by atoms with Gasteiger partial charge in [-0.3, -0.25) is 4.40 Å². The quantitative estimate of drug-likeness (QED) is 0.756. The molecular formula is C19H23N3O2. The number of ether oxygens (including phenoxy) is 1. The number of benzene rings is 1. The van der Waals surface area contributed by atoms with E-state index in [1.807, 2.05) is 31.3 Å². The summed E-state index contributed by atoms with van der Waals surface area (Å²) in [5.41, 5.74) is 3.62. The minimum atomic E-state index is -0.116. The topological polar surface area (TPSA) is 58.8 Å². The number of imidazole rings is 1. The zero-order valence-electron chi connectivity index (χ0n) is 14.7. The number of rotatable bonds is 3. The van der Waals surface area contributed by atoms with Crippen LogP contribution in [0.5, 0.6) is 11.5 Å². The molecule has 0 radical (unpaired) electrons. The van der Waals surface area contributed by atoms with Crippen molar-refractivity contribution < 1.29 is 9.84 Å². The molecule has 0 aliphatic heterocycles. The van der Waals surface area contributed by atoms with Gasteiger partial charge in [0, 0.05) is 17.3 Å². The zero-order chi connectivity index (χ0) is 17.5. The third kappa shape index (κ3) is 2.89. The van der Waals surface area contributed by atoms with E-state index in [0.717, 1.165) is 28.3 Å². The van der Waals surface area contributed by atoms with Gasteiger partial charge in [-0.25, -0.2) is 4.98 Å². The summed E-state index contributed by atoms with van der Waals surface area (Å²) < 4.78 is 7.31. The molecule has 2 heterocycles. The number of hydrogen-bond acceptors (Lipinski definition) is 4. The van der Waals surface area contributed by atoms with E-state index in [1.165, 1.54) is 0 Å². The maximum atomic E-state index is 9.86. The predicted molar refractivity (Wildman–Crippen MR) is 97.0 cm³/mol. The van der Waals surface area contributed by atoms with Crippen molar-refractivity contribution in [3.05, 3.63) is 42.1 Å². The van der Waals surface area contributed by atoms with Gasteiger partial charge in [-0.15, -0.1) is 0 Å². The van der Waals surface area contributed by atoms with Crippen LogP contribution in [-0.4, -0.2) is 27.1 Å². The lowest BCUT2D eigenvalue weighted by molar-refractivity contribution is 0.373. The molecule has 5 heteroatoms. The summed E-state index contributed by atoms with van der Waals surface area (Å²) >= 11 is 0. The van der Waals surface area contributed by atoms with Gasteiger partial charge in [-0.1, -0.05) is 6.07 Å². The molecule has 0 aliphatic carbocycles. The fourth-order valence-electron chi connectivity index (χ4n) is 2.70. The van der Waals surface area contributed by atoms with Gasteiger partial charge < -0.3 is 15.2 Å². The molecular weight excluding hydrogens is 302 g/mol. The van der Waals surface area contributed by atoms with E-state index in [-0.39, 0.29) is 11.3 Å². The Morgan fingerprint density at radius 2 is 1.96 bits per heavy atom. The number of nitrogens with zero attached hydrogens (tertiary/aromatic N) is 2. The van der Waals surface area contributed by atoms with Crippen LogP contribution >= 0.6 is 0 Å². The maximum Gasteiger partial charge on any atom is 0.161 e. The van der Waals surface area contributed by atoms with Crippen LogP contribution in [0.15, 0.2) is 36.5 Å². The van der Waals surface area contributed by atoms with Crippen LogP contribution in [0.1, 0.15) is 26.3 Å². The van der Waals surface area contributed by atoms with Crippen LogP contribution in [0.3, 0.4) is 0 Å². The molecule has 0 spiro atoms. The summed E-state index contributed by atoms with van der Waals surface area (Å²) in [6, 6.07) is 9.35. The lowest BCUT2D eigenvalue weighted by Gasteiger charge is -2.22. The van der Waals surface area contributed by atoms with Gasteiger partial charge in [0.1, 0.15) is 17.2 Å². The third-order valence-electron chi connectivity index (χ3n) is 3.79. The molecule has 3 rings (SSSR count). The summed E-state index contributed by atoms with van der Waals surface area (Å²) in [5, 5.41) is 13.4. The molecule has 3 aromatic rings. The molecule has 126 valence electrons. The smallest absolute Gasteiger partial charge is 0.161 e. The number of phenolic OH excluding ortho intramolecular Hbond substituents is 1. The van der Waals surface area contributed by atoms with E-state index in [2.05, 4.69) is 30.5 Å². The Hall–Kier alpha value is -2.69. The Morgan fingerprint density at radius 3 is 2.62 bits per heavy atom. The van der Waals surface area contributed by atoms with E-state index in [4.69, 9.17) is 9.72 Å². The highest BCUT2D eigenvalue weighted by Crippen LogP contribution is 2.36. The van der Waals surface area contributed by atoms with Crippen molar-refractivity contribution in [3.63, 3.8) is 0 Å². The molecule has 24 heavy (non-hydrogen) atoms. The average molecular weight is 325 g/mol. The van der Waals surface area contributed by atoms with Gasteiger partial charge in [0.2, 0.25) is 0 Å². The second-order valence-electron chi connectivity index (χ2n) is 6.96. The van der Waals surface area contributed by atoms with Crippen LogP contribution < -0.4 is 10.1 Å². The normalized spacial score (nSPS) is 11.7. The van der Waals surface area contributed by atoms with E-state index in [1.54, 1.807) is 19.2 Å². The molecule has 0 atom stereocenters. The van der Waals surface area contributed by atoms with Gasteiger partial charge in [0.15, 0.2) is 11.5 Å². The molecule has 1 aromatic carbocycles. The van der Waals surface area contributed by atoms with Crippen LogP contribution in [0.4, 0.5) is 5.82 Å². The number of pyridine rings is 1. The predicted octanol–water partition coefficient (Wildman–Crippen LogP) is 4.23. The number of aryl methyl sites for hydroxylation is 1. The van der Waals surface area contributed by atoms with E-state index < -0.39 is 0 Å². The molecule has 2 N–H and O–H groups in total. The first-order valence-electron chi connectivity index (χ1n) is 7.93. The SMILES string of the molecule is COc1cc(-c2nc3c(C)cccn3c2NC(C)(C)C)ccc1O. The van der Waals surface area contributed by atoms with Crippen LogP contribution in [0, 0.1) is 6.92 Å². The highest BCUT2D eigenvalue weighted by Gasteiger charge is 2.20. The second kappa shape index (κ2) is 5.74. The van der Waals surface area contributed by atoms with Gasteiger partial charge in [-0.05, 0) is 57.5 Å². The fourth-order valence-corrected chi connectivity index (χ4v) is 2.70. The number of aromatic nitrogens is 2. The number of fused-ring (bicyclic) bond motifs is 1. The van der Waals surface area contributed by atoms with Crippen LogP contribution in [-0.2, 0) is 0 Å². The zero-order valence-corrected chi connectivity index (χ0v) is 14.7. The third-order valence-corrected chi connectivity index (χ3v) is 3.79. The van der Waals surface area contributed by atoms with Gasteiger partial charge in [0.25, 0.3) is 0 Å². The number of hydrogen-bond donors (Lipinski definition) is 2. The van der Waals surface area contributed by atoms with Crippen molar-refractivity contribution in [3.8, 4) is 22.8 Å². The Balaban J connectivity index is 2.26. The number of aromatic hydroxyl groups is 1. The van der Waals surface area contributed by atoms with Crippen molar-refractivity contribution in [1.29, 1.82) is 0 Å². The molecule has 2 aromatic heterocycles.